The third-order valence-electron chi connectivity index (χ3n) is 3.76. The first-order chi connectivity index (χ1) is 12.0. The first-order valence-corrected chi connectivity index (χ1v) is 9.10. The van der Waals surface area contributed by atoms with Gasteiger partial charge in [-0.2, -0.15) is 0 Å². The summed E-state index contributed by atoms with van der Waals surface area (Å²) < 4.78 is 1.50. The molecule has 0 saturated heterocycles. The lowest BCUT2D eigenvalue weighted by Gasteiger charge is -2.09. The topological polar surface area (TPSA) is 63.5 Å². The van der Waals surface area contributed by atoms with Gasteiger partial charge in [0, 0.05) is 23.7 Å². The summed E-state index contributed by atoms with van der Waals surface area (Å²) in [4.78, 5) is 28.6. The molecule has 0 aliphatic heterocycles. The Morgan fingerprint density at radius 3 is 2.84 bits per heavy atom. The van der Waals surface area contributed by atoms with Gasteiger partial charge in [0.15, 0.2) is 0 Å². The van der Waals surface area contributed by atoms with Crippen LogP contribution in [0.15, 0.2) is 53.5 Å². The minimum Gasteiger partial charge on any atom is -0.325 e. The number of aryl methyl sites for hydroxylation is 2. The Morgan fingerprint density at radius 2 is 2.04 bits per heavy atom. The van der Waals surface area contributed by atoms with Crippen LogP contribution < -0.4 is 10.9 Å². The summed E-state index contributed by atoms with van der Waals surface area (Å²) in [5.74, 6) is 0.763. The minimum atomic E-state index is -0.110. The van der Waals surface area contributed by atoms with Crippen LogP contribution in [0.4, 0.5) is 5.69 Å². The Labute approximate surface area is 150 Å². The SMILES string of the molecule is Cc1ccc(NC(=O)CSCc2cc(=O)n3ccccc3n2)c(C)c1. The molecule has 6 heteroatoms. The molecule has 2 heterocycles. The van der Waals surface area contributed by atoms with E-state index in [-0.39, 0.29) is 11.5 Å². The van der Waals surface area contributed by atoms with Gasteiger partial charge in [-0.15, -0.1) is 11.8 Å². The van der Waals surface area contributed by atoms with Crippen molar-refractivity contribution in [2.75, 3.05) is 11.1 Å². The van der Waals surface area contributed by atoms with Crippen molar-refractivity contribution in [2.45, 2.75) is 19.6 Å². The fraction of sp³-hybridized carbons (Fsp3) is 0.211. The number of thioether (sulfide) groups is 1. The molecule has 0 spiro atoms. The number of hydrogen-bond donors (Lipinski definition) is 1. The highest BCUT2D eigenvalue weighted by Gasteiger charge is 2.07. The van der Waals surface area contributed by atoms with Crippen LogP contribution in [0.5, 0.6) is 0 Å². The van der Waals surface area contributed by atoms with E-state index in [0.717, 1.165) is 11.3 Å². The maximum Gasteiger partial charge on any atom is 0.258 e. The highest BCUT2D eigenvalue weighted by Crippen LogP contribution is 2.17. The van der Waals surface area contributed by atoms with Gasteiger partial charge < -0.3 is 5.32 Å². The fourth-order valence-electron chi connectivity index (χ4n) is 2.57. The average molecular weight is 353 g/mol. The van der Waals surface area contributed by atoms with Crippen molar-refractivity contribution in [2.24, 2.45) is 0 Å². The Balaban J connectivity index is 1.59. The van der Waals surface area contributed by atoms with Gasteiger partial charge in [-0.3, -0.25) is 14.0 Å². The van der Waals surface area contributed by atoms with E-state index in [2.05, 4.69) is 10.3 Å². The molecule has 0 aliphatic carbocycles. The monoisotopic (exact) mass is 353 g/mol. The third-order valence-corrected chi connectivity index (χ3v) is 4.73. The Morgan fingerprint density at radius 1 is 1.20 bits per heavy atom. The summed E-state index contributed by atoms with van der Waals surface area (Å²) in [6, 6.07) is 12.9. The van der Waals surface area contributed by atoms with Crippen LogP contribution in [0.2, 0.25) is 0 Å². The van der Waals surface area contributed by atoms with Crippen molar-refractivity contribution in [3.05, 3.63) is 75.8 Å². The lowest BCUT2D eigenvalue weighted by atomic mass is 10.1. The molecule has 0 unspecified atom stereocenters. The number of carbonyl (C=O) groups excluding carboxylic acids is 1. The molecular formula is C19H19N3O2S. The van der Waals surface area contributed by atoms with E-state index in [1.54, 1.807) is 18.3 Å². The van der Waals surface area contributed by atoms with Gasteiger partial charge in [0.2, 0.25) is 5.91 Å². The van der Waals surface area contributed by atoms with Crippen molar-refractivity contribution >= 4 is 29.0 Å². The molecule has 3 aromatic rings. The van der Waals surface area contributed by atoms with E-state index in [0.29, 0.717) is 22.8 Å². The summed E-state index contributed by atoms with van der Waals surface area (Å²) in [6.07, 6.45) is 1.69. The number of hydrogen-bond acceptors (Lipinski definition) is 4. The van der Waals surface area contributed by atoms with Crippen LogP contribution in [0.3, 0.4) is 0 Å². The zero-order valence-electron chi connectivity index (χ0n) is 14.2. The number of aromatic nitrogens is 2. The predicted octanol–water partition coefficient (Wildman–Crippen LogP) is 3.18. The molecule has 1 N–H and O–H groups in total. The number of anilines is 1. The van der Waals surface area contributed by atoms with E-state index in [1.165, 1.54) is 27.8 Å². The molecule has 0 saturated carbocycles. The smallest absolute Gasteiger partial charge is 0.258 e. The molecular weight excluding hydrogens is 334 g/mol. The van der Waals surface area contributed by atoms with Crippen molar-refractivity contribution in [3.8, 4) is 0 Å². The number of amides is 1. The minimum absolute atomic E-state index is 0.0607. The Kier molecular flexibility index (Phi) is 5.19. The third kappa shape index (κ3) is 4.28. The maximum atomic E-state index is 12.1. The second-order valence-electron chi connectivity index (χ2n) is 5.87. The molecule has 0 fully saturated rings. The van der Waals surface area contributed by atoms with Crippen LogP contribution in [-0.2, 0) is 10.5 Å². The Bertz CT molecular complexity index is 982. The molecule has 3 rings (SSSR count). The van der Waals surface area contributed by atoms with Gasteiger partial charge in [-0.1, -0.05) is 23.8 Å². The van der Waals surface area contributed by atoms with Crippen LogP contribution in [-0.4, -0.2) is 21.0 Å². The molecule has 5 nitrogen and oxygen atoms in total. The lowest BCUT2D eigenvalue weighted by molar-refractivity contribution is -0.113. The quantitative estimate of drug-likeness (QED) is 0.765. The summed E-state index contributed by atoms with van der Waals surface area (Å²) in [6.45, 7) is 4.00. The van der Waals surface area contributed by atoms with Crippen LogP contribution in [0, 0.1) is 13.8 Å². The van der Waals surface area contributed by atoms with Gasteiger partial charge in [0.05, 0.1) is 11.4 Å². The maximum absolute atomic E-state index is 12.1. The van der Waals surface area contributed by atoms with E-state index < -0.39 is 0 Å². The normalized spacial score (nSPS) is 10.8. The molecule has 1 amide bonds. The summed E-state index contributed by atoms with van der Waals surface area (Å²) in [7, 11) is 0. The van der Waals surface area contributed by atoms with Crippen LogP contribution in [0.1, 0.15) is 16.8 Å². The number of nitrogens with zero attached hydrogens (tertiary/aromatic N) is 2. The zero-order chi connectivity index (χ0) is 17.8. The van der Waals surface area contributed by atoms with Gasteiger partial charge >= 0.3 is 0 Å². The molecule has 0 aliphatic rings. The predicted molar refractivity (Wildman–Crippen MR) is 102 cm³/mol. The molecule has 0 bridgehead atoms. The first-order valence-electron chi connectivity index (χ1n) is 7.95. The summed E-state index contributed by atoms with van der Waals surface area (Å²) in [5.41, 5.74) is 4.23. The molecule has 0 atom stereocenters. The lowest BCUT2D eigenvalue weighted by Crippen LogP contribution is -2.16. The van der Waals surface area contributed by atoms with Crippen molar-refractivity contribution < 1.29 is 4.79 Å². The summed E-state index contributed by atoms with van der Waals surface area (Å²) in [5, 5.41) is 2.92. The number of pyridine rings is 1. The molecule has 0 radical (unpaired) electrons. The van der Waals surface area contributed by atoms with Gasteiger partial charge in [0.1, 0.15) is 5.65 Å². The van der Waals surface area contributed by atoms with Gasteiger partial charge in [0.25, 0.3) is 5.56 Å². The van der Waals surface area contributed by atoms with Gasteiger partial charge in [-0.05, 0) is 37.6 Å². The Hall–Kier alpha value is -2.60. The van der Waals surface area contributed by atoms with E-state index in [9.17, 15) is 9.59 Å². The number of fused-ring (bicyclic) bond motifs is 1. The molecule has 128 valence electrons. The number of benzene rings is 1. The van der Waals surface area contributed by atoms with Crippen LogP contribution >= 0.6 is 11.8 Å². The van der Waals surface area contributed by atoms with Crippen LogP contribution in [0.25, 0.3) is 5.65 Å². The largest absolute Gasteiger partial charge is 0.325 e. The van der Waals surface area contributed by atoms with Crippen molar-refractivity contribution in [1.82, 2.24) is 9.38 Å². The average Bonchev–Trinajstić information content (AvgIpc) is 2.57. The fourth-order valence-corrected chi connectivity index (χ4v) is 3.28. The number of carbonyl (C=O) groups is 1. The van der Waals surface area contributed by atoms with Gasteiger partial charge in [-0.25, -0.2) is 4.98 Å². The van der Waals surface area contributed by atoms with E-state index in [4.69, 9.17) is 0 Å². The van der Waals surface area contributed by atoms with Crippen molar-refractivity contribution in [3.63, 3.8) is 0 Å². The first kappa shape index (κ1) is 17.2. The molecule has 25 heavy (non-hydrogen) atoms. The second-order valence-corrected chi connectivity index (χ2v) is 6.86. The van der Waals surface area contributed by atoms with Crippen molar-refractivity contribution in [1.29, 1.82) is 0 Å². The zero-order valence-corrected chi connectivity index (χ0v) is 15.0. The van der Waals surface area contributed by atoms with E-state index in [1.807, 2.05) is 38.1 Å². The van der Waals surface area contributed by atoms with E-state index >= 15 is 0 Å². The number of nitrogens with one attached hydrogen (secondary N) is 1. The highest BCUT2D eigenvalue weighted by atomic mass is 32.2. The highest BCUT2D eigenvalue weighted by molar-refractivity contribution is 7.99. The summed E-state index contributed by atoms with van der Waals surface area (Å²) >= 11 is 1.44. The molecule has 2 aromatic heterocycles. The standard InChI is InChI=1S/C19H19N3O2S/c1-13-6-7-16(14(2)9-13)21-18(23)12-25-11-15-10-19(24)22-8-4-3-5-17(22)20-15/h3-10H,11-12H2,1-2H3,(H,21,23). The number of rotatable bonds is 5. The second kappa shape index (κ2) is 7.53. The molecule has 1 aromatic carbocycles.